The van der Waals surface area contributed by atoms with E-state index in [1.165, 1.54) is 0 Å². The molecule has 0 aliphatic heterocycles. The van der Waals surface area contributed by atoms with E-state index in [4.69, 9.17) is 16.3 Å². The van der Waals surface area contributed by atoms with Crippen LogP contribution >= 0.6 is 11.6 Å². The molecule has 0 aliphatic rings. The topological polar surface area (TPSA) is 39.1 Å². The van der Waals surface area contributed by atoms with Crippen molar-refractivity contribution >= 4 is 11.6 Å². The summed E-state index contributed by atoms with van der Waals surface area (Å²) in [5, 5.41) is 8.42. The third-order valence-corrected chi connectivity index (χ3v) is 3.89. The molecule has 0 fully saturated rings. The molecule has 1 unspecified atom stereocenters. The first-order valence-corrected chi connectivity index (χ1v) is 6.73. The van der Waals surface area contributed by atoms with Crippen molar-refractivity contribution in [3.63, 3.8) is 0 Å². The van der Waals surface area contributed by atoms with Gasteiger partial charge in [-0.1, -0.05) is 32.4 Å². The highest BCUT2D eigenvalue weighted by atomic mass is 35.5. The monoisotopic (exact) mass is 273 g/mol. The van der Waals surface area contributed by atoms with Crippen LogP contribution in [-0.2, 0) is 11.3 Å². The van der Waals surface area contributed by atoms with Crippen molar-refractivity contribution in [1.82, 2.24) is 15.1 Å². The number of rotatable bonds is 7. The minimum absolute atomic E-state index is 0.114. The van der Waals surface area contributed by atoms with E-state index in [-0.39, 0.29) is 11.5 Å². The van der Waals surface area contributed by atoms with Crippen molar-refractivity contribution in [2.45, 2.75) is 39.8 Å². The fourth-order valence-electron chi connectivity index (χ4n) is 2.12. The summed E-state index contributed by atoms with van der Waals surface area (Å²) in [6.07, 6.45) is 2.77. The molecule has 1 aromatic heterocycles. The number of hydrogen-bond donors (Lipinski definition) is 1. The predicted octanol–water partition coefficient (Wildman–Crippen LogP) is 2.88. The van der Waals surface area contributed by atoms with E-state index in [1.807, 2.05) is 11.7 Å². The van der Waals surface area contributed by atoms with Crippen molar-refractivity contribution in [2.24, 2.45) is 5.41 Å². The van der Waals surface area contributed by atoms with Gasteiger partial charge in [0.1, 0.15) is 0 Å². The molecule has 0 spiro atoms. The van der Waals surface area contributed by atoms with Gasteiger partial charge in [0.25, 0.3) is 0 Å². The Hall–Kier alpha value is -0.580. The van der Waals surface area contributed by atoms with Gasteiger partial charge in [0, 0.05) is 7.11 Å². The SMILES string of the molecule is CCC(C)(C)C(NC)c1c(Cl)cnn1CCOC. The van der Waals surface area contributed by atoms with Crippen molar-refractivity contribution in [3.05, 3.63) is 16.9 Å². The number of aromatic nitrogens is 2. The van der Waals surface area contributed by atoms with Crippen LogP contribution in [0.4, 0.5) is 0 Å². The molecular weight excluding hydrogens is 250 g/mol. The summed E-state index contributed by atoms with van der Waals surface area (Å²) in [4.78, 5) is 0. The number of halogens is 1. The summed E-state index contributed by atoms with van der Waals surface area (Å²) < 4.78 is 7.05. The number of methoxy groups -OCH3 is 1. The Bertz CT molecular complexity index is 376. The molecule has 0 aliphatic carbocycles. The molecule has 104 valence electrons. The van der Waals surface area contributed by atoms with Gasteiger partial charge in [-0.3, -0.25) is 4.68 Å². The van der Waals surface area contributed by atoms with Gasteiger partial charge in [-0.25, -0.2) is 0 Å². The number of hydrogen-bond acceptors (Lipinski definition) is 3. The Kier molecular flexibility index (Phi) is 5.63. The number of ether oxygens (including phenoxy) is 1. The lowest BCUT2D eigenvalue weighted by molar-refractivity contribution is 0.176. The number of nitrogens with zero attached hydrogens (tertiary/aromatic N) is 2. The minimum atomic E-state index is 0.114. The van der Waals surface area contributed by atoms with E-state index in [0.29, 0.717) is 11.6 Å². The van der Waals surface area contributed by atoms with Crippen molar-refractivity contribution in [1.29, 1.82) is 0 Å². The second kappa shape index (κ2) is 6.55. The molecular formula is C13H24ClN3O. The van der Waals surface area contributed by atoms with Crippen LogP contribution in [0.15, 0.2) is 6.20 Å². The lowest BCUT2D eigenvalue weighted by Gasteiger charge is -2.34. The van der Waals surface area contributed by atoms with E-state index >= 15 is 0 Å². The molecule has 18 heavy (non-hydrogen) atoms. The standard InChI is InChI=1S/C13H24ClN3O/c1-6-13(2,3)12(15-4)11-10(14)9-16-17(11)7-8-18-5/h9,12,15H,6-8H2,1-5H3. The lowest BCUT2D eigenvalue weighted by Crippen LogP contribution is -2.34. The fourth-order valence-corrected chi connectivity index (χ4v) is 2.37. The van der Waals surface area contributed by atoms with Crippen LogP contribution in [-0.4, -0.2) is 30.5 Å². The molecule has 0 aromatic carbocycles. The van der Waals surface area contributed by atoms with Crippen LogP contribution in [0.1, 0.15) is 38.9 Å². The smallest absolute Gasteiger partial charge is 0.0834 e. The average molecular weight is 274 g/mol. The Labute approximate surface area is 115 Å². The van der Waals surface area contributed by atoms with Crippen molar-refractivity contribution < 1.29 is 4.74 Å². The van der Waals surface area contributed by atoms with Gasteiger partial charge in [0.2, 0.25) is 0 Å². The molecule has 4 nitrogen and oxygen atoms in total. The molecule has 0 saturated carbocycles. The second-order valence-corrected chi connectivity index (χ2v) is 5.56. The van der Waals surface area contributed by atoms with Crippen molar-refractivity contribution in [2.75, 3.05) is 20.8 Å². The summed E-state index contributed by atoms with van der Waals surface area (Å²) in [6.45, 7) is 8.01. The quantitative estimate of drug-likeness (QED) is 0.830. The summed E-state index contributed by atoms with van der Waals surface area (Å²) >= 11 is 6.30. The Morgan fingerprint density at radius 3 is 2.72 bits per heavy atom. The summed E-state index contributed by atoms with van der Waals surface area (Å²) in [7, 11) is 3.66. The molecule has 0 amide bonds. The molecule has 0 bridgehead atoms. The van der Waals surface area contributed by atoms with E-state index in [9.17, 15) is 0 Å². The Morgan fingerprint density at radius 1 is 1.56 bits per heavy atom. The highest BCUT2D eigenvalue weighted by Gasteiger charge is 2.32. The second-order valence-electron chi connectivity index (χ2n) is 5.16. The zero-order valence-electron chi connectivity index (χ0n) is 12.0. The van der Waals surface area contributed by atoms with Gasteiger partial charge in [-0.15, -0.1) is 0 Å². The molecule has 0 radical (unpaired) electrons. The zero-order chi connectivity index (χ0) is 13.8. The zero-order valence-corrected chi connectivity index (χ0v) is 12.7. The van der Waals surface area contributed by atoms with E-state index in [0.717, 1.165) is 18.7 Å². The van der Waals surface area contributed by atoms with Gasteiger partial charge in [0.15, 0.2) is 0 Å². The van der Waals surface area contributed by atoms with Crippen LogP contribution in [0, 0.1) is 5.41 Å². The maximum absolute atomic E-state index is 6.30. The first kappa shape index (κ1) is 15.5. The molecule has 0 saturated heterocycles. The fraction of sp³-hybridized carbons (Fsp3) is 0.769. The molecule has 1 atom stereocenters. The predicted molar refractivity (Wildman–Crippen MR) is 75.0 cm³/mol. The van der Waals surface area contributed by atoms with E-state index < -0.39 is 0 Å². The van der Waals surface area contributed by atoms with Gasteiger partial charge in [-0.2, -0.15) is 5.10 Å². The van der Waals surface area contributed by atoms with E-state index in [2.05, 4.69) is 31.2 Å². The van der Waals surface area contributed by atoms with Gasteiger partial charge in [0.05, 0.1) is 36.1 Å². The first-order valence-electron chi connectivity index (χ1n) is 6.35. The van der Waals surface area contributed by atoms with Gasteiger partial charge >= 0.3 is 0 Å². The lowest BCUT2D eigenvalue weighted by atomic mass is 9.80. The highest BCUT2D eigenvalue weighted by molar-refractivity contribution is 6.31. The van der Waals surface area contributed by atoms with Gasteiger partial charge < -0.3 is 10.1 Å². The number of nitrogens with one attached hydrogen (secondary N) is 1. The highest BCUT2D eigenvalue weighted by Crippen LogP contribution is 2.38. The van der Waals surface area contributed by atoms with Crippen LogP contribution in [0.2, 0.25) is 5.02 Å². The van der Waals surface area contributed by atoms with E-state index in [1.54, 1.807) is 13.3 Å². The largest absolute Gasteiger partial charge is 0.383 e. The molecule has 1 N–H and O–H groups in total. The third kappa shape index (κ3) is 3.25. The Morgan fingerprint density at radius 2 is 2.22 bits per heavy atom. The third-order valence-electron chi connectivity index (χ3n) is 3.60. The summed E-state index contributed by atoms with van der Waals surface area (Å²) in [6, 6.07) is 0.175. The average Bonchev–Trinajstić information content (AvgIpc) is 2.69. The molecule has 1 rings (SSSR count). The normalized spacial score (nSPS) is 13.9. The molecule has 1 aromatic rings. The van der Waals surface area contributed by atoms with Crippen molar-refractivity contribution in [3.8, 4) is 0 Å². The van der Waals surface area contributed by atoms with Crippen LogP contribution < -0.4 is 5.32 Å². The minimum Gasteiger partial charge on any atom is -0.383 e. The maximum Gasteiger partial charge on any atom is 0.0834 e. The van der Waals surface area contributed by atoms with Crippen LogP contribution in [0.5, 0.6) is 0 Å². The van der Waals surface area contributed by atoms with Crippen LogP contribution in [0.25, 0.3) is 0 Å². The molecule has 1 heterocycles. The molecule has 5 heteroatoms. The maximum atomic E-state index is 6.30. The first-order chi connectivity index (χ1) is 8.47. The van der Waals surface area contributed by atoms with Crippen LogP contribution in [0.3, 0.4) is 0 Å². The van der Waals surface area contributed by atoms with Gasteiger partial charge in [-0.05, 0) is 18.9 Å². The Balaban J connectivity index is 3.08. The summed E-state index contributed by atoms with van der Waals surface area (Å²) in [5.74, 6) is 0. The summed E-state index contributed by atoms with van der Waals surface area (Å²) in [5.41, 5.74) is 1.16.